The van der Waals surface area contributed by atoms with Gasteiger partial charge in [0.15, 0.2) is 0 Å². The lowest BCUT2D eigenvalue weighted by Gasteiger charge is -2.07. The molecule has 0 saturated carbocycles. The lowest BCUT2D eigenvalue weighted by atomic mass is 10.3. The molecule has 0 amide bonds. The molecule has 0 aliphatic carbocycles. The number of halogens is 2. The maximum Gasteiger partial charge on any atom is 0.113 e. The van der Waals surface area contributed by atoms with Gasteiger partial charge in [-0.05, 0) is 19.1 Å². The van der Waals surface area contributed by atoms with Crippen molar-refractivity contribution in [3.63, 3.8) is 0 Å². The molecular weight excluding hydrogens is 313 g/mol. The zero-order chi connectivity index (χ0) is 14.1. The molecule has 0 unspecified atom stereocenters. The van der Waals surface area contributed by atoms with E-state index in [-0.39, 0.29) is 0 Å². The molecule has 3 nitrogen and oxygen atoms in total. The standard InChI is InChI=1S/C14H13Cl2N3S/c1-9-7-17-13(20-9)8-19-12(5-6-15)18-11-4-2-3-10(16)14(11)19/h2-4,7H,5-6,8H2,1H3. The average molecular weight is 326 g/mol. The van der Waals surface area contributed by atoms with E-state index >= 15 is 0 Å². The van der Waals surface area contributed by atoms with Gasteiger partial charge < -0.3 is 4.57 Å². The van der Waals surface area contributed by atoms with Gasteiger partial charge in [0, 0.05) is 23.4 Å². The summed E-state index contributed by atoms with van der Waals surface area (Å²) in [6.45, 7) is 2.74. The second kappa shape index (κ2) is 5.72. The highest BCUT2D eigenvalue weighted by molar-refractivity contribution is 7.11. The first-order chi connectivity index (χ1) is 9.69. The van der Waals surface area contributed by atoms with Gasteiger partial charge in [0.05, 0.1) is 22.6 Å². The highest BCUT2D eigenvalue weighted by atomic mass is 35.5. The summed E-state index contributed by atoms with van der Waals surface area (Å²) in [5.74, 6) is 1.49. The monoisotopic (exact) mass is 325 g/mol. The van der Waals surface area contributed by atoms with Gasteiger partial charge in [-0.15, -0.1) is 22.9 Å². The van der Waals surface area contributed by atoms with Gasteiger partial charge in [0.1, 0.15) is 10.8 Å². The quantitative estimate of drug-likeness (QED) is 0.670. The molecule has 0 spiro atoms. The Hall–Kier alpha value is -1.10. The van der Waals surface area contributed by atoms with Crippen molar-refractivity contribution in [3.8, 4) is 0 Å². The van der Waals surface area contributed by atoms with Crippen molar-refractivity contribution in [1.82, 2.24) is 14.5 Å². The smallest absolute Gasteiger partial charge is 0.113 e. The van der Waals surface area contributed by atoms with E-state index in [1.807, 2.05) is 24.4 Å². The van der Waals surface area contributed by atoms with E-state index in [9.17, 15) is 0 Å². The molecule has 0 saturated heterocycles. The third-order valence-electron chi connectivity index (χ3n) is 3.08. The molecule has 1 aromatic carbocycles. The minimum Gasteiger partial charge on any atom is -0.320 e. The zero-order valence-electron chi connectivity index (χ0n) is 10.9. The summed E-state index contributed by atoms with van der Waals surface area (Å²) < 4.78 is 2.12. The molecule has 0 bridgehead atoms. The zero-order valence-corrected chi connectivity index (χ0v) is 13.3. The van der Waals surface area contributed by atoms with Crippen molar-refractivity contribution < 1.29 is 0 Å². The second-order valence-electron chi connectivity index (χ2n) is 4.53. The fourth-order valence-corrected chi connectivity index (χ4v) is 3.46. The lowest BCUT2D eigenvalue weighted by molar-refractivity contribution is 0.750. The summed E-state index contributed by atoms with van der Waals surface area (Å²) in [6.07, 6.45) is 2.61. The molecule has 0 atom stereocenters. The summed E-state index contributed by atoms with van der Waals surface area (Å²) in [5, 5.41) is 1.77. The third kappa shape index (κ3) is 2.55. The highest BCUT2D eigenvalue weighted by Crippen LogP contribution is 2.26. The normalized spacial score (nSPS) is 11.3. The highest BCUT2D eigenvalue weighted by Gasteiger charge is 2.14. The van der Waals surface area contributed by atoms with Crippen LogP contribution < -0.4 is 0 Å². The van der Waals surface area contributed by atoms with Crippen LogP contribution in [0.3, 0.4) is 0 Å². The van der Waals surface area contributed by atoms with E-state index in [4.69, 9.17) is 23.2 Å². The van der Waals surface area contributed by atoms with Crippen LogP contribution in [-0.2, 0) is 13.0 Å². The number of thiazole rings is 1. The molecule has 0 N–H and O–H groups in total. The average Bonchev–Trinajstić information content (AvgIpc) is 2.96. The summed E-state index contributed by atoms with van der Waals surface area (Å²) >= 11 is 13.9. The van der Waals surface area contributed by atoms with Crippen LogP contribution in [0.15, 0.2) is 24.4 Å². The lowest BCUT2D eigenvalue weighted by Crippen LogP contribution is -2.06. The summed E-state index contributed by atoms with van der Waals surface area (Å²) in [6, 6.07) is 5.78. The van der Waals surface area contributed by atoms with Crippen LogP contribution >= 0.6 is 34.5 Å². The largest absolute Gasteiger partial charge is 0.320 e. The molecule has 6 heteroatoms. The molecule has 104 valence electrons. The van der Waals surface area contributed by atoms with Gasteiger partial charge >= 0.3 is 0 Å². The molecule has 2 heterocycles. The van der Waals surface area contributed by atoms with Crippen molar-refractivity contribution in [3.05, 3.63) is 45.1 Å². The van der Waals surface area contributed by atoms with Crippen LogP contribution in [0.1, 0.15) is 15.7 Å². The maximum absolute atomic E-state index is 6.34. The van der Waals surface area contributed by atoms with Gasteiger partial charge in [-0.3, -0.25) is 0 Å². The second-order valence-corrected chi connectivity index (χ2v) is 6.63. The number of nitrogens with zero attached hydrogens (tertiary/aromatic N) is 3. The van der Waals surface area contributed by atoms with Gasteiger partial charge in [-0.2, -0.15) is 0 Å². The number of para-hydroxylation sites is 1. The van der Waals surface area contributed by atoms with Crippen LogP contribution in [0.4, 0.5) is 0 Å². The maximum atomic E-state index is 6.34. The van der Waals surface area contributed by atoms with Crippen molar-refractivity contribution >= 4 is 45.6 Å². The molecule has 3 aromatic rings. The van der Waals surface area contributed by atoms with Crippen molar-refractivity contribution in [1.29, 1.82) is 0 Å². The van der Waals surface area contributed by atoms with Crippen LogP contribution in [-0.4, -0.2) is 20.4 Å². The van der Waals surface area contributed by atoms with Crippen molar-refractivity contribution in [2.75, 3.05) is 5.88 Å². The number of alkyl halides is 1. The number of rotatable bonds is 4. The number of hydrogen-bond donors (Lipinski definition) is 0. The van der Waals surface area contributed by atoms with Gasteiger partial charge in [0.25, 0.3) is 0 Å². The molecule has 0 aliphatic rings. The van der Waals surface area contributed by atoms with Crippen LogP contribution in [0.5, 0.6) is 0 Å². The first kappa shape index (κ1) is 13.9. The Morgan fingerprint density at radius 1 is 1.35 bits per heavy atom. The van der Waals surface area contributed by atoms with Crippen molar-refractivity contribution in [2.24, 2.45) is 0 Å². The molecule has 20 heavy (non-hydrogen) atoms. The Morgan fingerprint density at radius 3 is 2.90 bits per heavy atom. The minimum atomic E-state index is 0.540. The number of aromatic nitrogens is 3. The number of fused-ring (bicyclic) bond motifs is 1. The molecule has 0 fully saturated rings. The van der Waals surface area contributed by atoms with Gasteiger partial charge in [-0.1, -0.05) is 17.7 Å². The van der Waals surface area contributed by atoms with E-state index in [1.54, 1.807) is 11.3 Å². The fourth-order valence-electron chi connectivity index (χ4n) is 2.25. The summed E-state index contributed by atoms with van der Waals surface area (Å²) in [4.78, 5) is 10.3. The van der Waals surface area contributed by atoms with Gasteiger partial charge in [0.2, 0.25) is 0 Å². The minimum absolute atomic E-state index is 0.540. The summed E-state index contributed by atoms with van der Waals surface area (Å²) in [5.41, 5.74) is 1.87. The number of aryl methyl sites for hydroxylation is 2. The van der Waals surface area contributed by atoms with E-state index in [2.05, 4.69) is 21.5 Å². The Balaban J connectivity index is 2.12. The molecular formula is C14H13Cl2N3S. The van der Waals surface area contributed by atoms with Gasteiger partial charge in [-0.25, -0.2) is 9.97 Å². The van der Waals surface area contributed by atoms with E-state index in [0.717, 1.165) is 28.3 Å². The predicted molar refractivity (Wildman–Crippen MR) is 85.1 cm³/mol. The molecule has 0 aliphatic heterocycles. The first-order valence-electron chi connectivity index (χ1n) is 6.30. The molecule has 2 aromatic heterocycles. The number of imidazole rings is 1. The predicted octanol–water partition coefficient (Wildman–Crippen LogP) is 4.28. The Labute approximate surface area is 131 Å². The third-order valence-corrected chi connectivity index (χ3v) is 4.47. The Kier molecular flexibility index (Phi) is 3.96. The molecule has 3 rings (SSSR count). The van der Waals surface area contributed by atoms with Crippen LogP contribution in [0, 0.1) is 6.92 Å². The SMILES string of the molecule is Cc1cnc(Cn2c(CCCl)nc3cccc(Cl)c32)s1. The fraction of sp³-hybridized carbons (Fsp3) is 0.286. The number of benzene rings is 1. The van der Waals surface area contributed by atoms with E-state index in [0.29, 0.717) is 17.4 Å². The molecule has 0 radical (unpaired) electrons. The van der Waals surface area contributed by atoms with E-state index < -0.39 is 0 Å². The summed E-state index contributed by atoms with van der Waals surface area (Å²) in [7, 11) is 0. The van der Waals surface area contributed by atoms with Crippen LogP contribution in [0.2, 0.25) is 5.02 Å². The van der Waals surface area contributed by atoms with Crippen molar-refractivity contribution in [2.45, 2.75) is 19.9 Å². The first-order valence-corrected chi connectivity index (χ1v) is 8.03. The topological polar surface area (TPSA) is 30.7 Å². The Morgan fingerprint density at radius 2 is 2.20 bits per heavy atom. The Bertz CT molecular complexity index is 748. The van der Waals surface area contributed by atoms with E-state index in [1.165, 1.54) is 4.88 Å². The number of hydrogen-bond acceptors (Lipinski definition) is 3. The van der Waals surface area contributed by atoms with Crippen LogP contribution in [0.25, 0.3) is 11.0 Å².